The molecule has 2 aliphatic rings. The number of hydrogen-bond acceptors (Lipinski definition) is 3. The van der Waals surface area contributed by atoms with E-state index in [0.717, 1.165) is 37.0 Å². The molecule has 5 nitrogen and oxygen atoms in total. The van der Waals surface area contributed by atoms with Crippen molar-refractivity contribution < 1.29 is 26.4 Å². The number of sulfonamides is 1. The number of amides is 1. The Hall–Kier alpha value is -2.39. The SMILES string of the molecule is O=C(Nc1ccc(C(F)(F)F)cc1)C1CCN(S(=O)(=O)c2ccc3c(c2)CCC3)CC1. The Morgan fingerprint density at radius 2 is 1.61 bits per heavy atom. The fraction of sp³-hybridized carbons (Fsp3) is 0.409. The van der Waals surface area contributed by atoms with E-state index in [9.17, 15) is 26.4 Å². The van der Waals surface area contributed by atoms with Crippen LogP contribution in [0.15, 0.2) is 47.4 Å². The number of carbonyl (C=O) groups is 1. The third-order valence-electron chi connectivity index (χ3n) is 6.01. The van der Waals surface area contributed by atoms with E-state index < -0.39 is 27.7 Å². The van der Waals surface area contributed by atoms with Crippen molar-refractivity contribution in [2.45, 2.75) is 43.2 Å². The first-order valence-corrected chi connectivity index (χ1v) is 11.7. The quantitative estimate of drug-likeness (QED) is 0.755. The van der Waals surface area contributed by atoms with Gasteiger partial charge in [-0.15, -0.1) is 0 Å². The number of halogens is 3. The third-order valence-corrected chi connectivity index (χ3v) is 7.91. The Kier molecular flexibility index (Phi) is 5.83. The maximum absolute atomic E-state index is 13.0. The summed E-state index contributed by atoms with van der Waals surface area (Å²) in [7, 11) is -3.62. The number of anilines is 1. The zero-order chi connectivity index (χ0) is 22.2. The summed E-state index contributed by atoms with van der Waals surface area (Å²) in [4.78, 5) is 12.8. The number of hydrogen-bond donors (Lipinski definition) is 1. The summed E-state index contributed by atoms with van der Waals surface area (Å²) in [5.41, 5.74) is 1.80. The Morgan fingerprint density at radius 1 is 0.968 bits per heavy atom. The molecule has 2 aromatic rings. The second kappa shape index (κ2) is 8.27. The number of carbonyl (C=O) groups excluding carboxylic acids is 1. The molecule has 31 heavy (non-hydrogen) atoms. The van der Waals surface area contributed by atoms with Crippen LogP contribution in [0.25, 0.3) is 0 Å². The van der Waals surface area contributed by atoms with Crippen molar-refractivity contribution in [3.8, 4) is 0 Å². The van der Waals surface area contributed by atoms with Gasteiger partial charge in [-0.25, -0.2) is 8.42 Å². The molecule has 1 saturated heterocycles. The van der Waals surface area contributed by atoms with Crippen molar-refractivity contribution in [3.05, 3.63) is 59.2 Å². The second-order valence-corrected chi connectivity index (χ2v) is 9.96. The largest absolute Gasteiger partial charge is 0.416 e. The standard InChI is InChI=1S/C22H23F3N2O3S/c23-22(24,25)18-5-7-19(8-6-18)26-21(28)16-10-12-27(13-11-16)31(29,30)20-9-4-15-2-1-3-17(15)14-20/h4-9,14,16H,1-3,10-13H2,(H,26,28). The van der Waals surface area contributed by atoms with Crippen LogP contribution < -0.4 is 5.32 Å². The van der Waals surface area contributed by atoms with Gasteiger partial charge in [0.25, 0.3) is 0 Å². The van der Waals surface area contributed by atoms with Gasteiger partial charge in [-0.2, -0.15) is 17.5 Å². The summed E-state index contributed by atoms with van der Waals surface area (Å²) in [6.07, 6.45) is -0.800. The van der Waals surface area contributed by atoms with E-state index in [2.05, 4.69) is 5.32 Å². The van der Waals surface area contributed by atoms with Crippen LogP contribution in [-0.4, -0.2) is 31.7 Å². The van der Waals surface area contributed by atoms with Crippen molar-refractivity contribution >= 4 is 21.6 Å². The molecule has 1 N–H and O–H groups in total. The third kappa shape index (κ3) is 4.62. The highest BCUT2D eigenvalue weighted by Crippen LogP contribution is 2.31. The van der Waals surface area contributed by atoms with Gasteiger partial charge < -0.3 is 5.32 Å². The molecule has 0 saturated carbocycles. The number of piperidine rings is 1. The molecule has 0 unspecified atom stereocenters. The summed E-state index contributed by atoms with van der Waals surface area (Å²) in [5, 5.41) is 2.63. The number of rotatable bonds is 4. The first kappa shape index (κ1) is 21.8. The lowest BCUT2D eigenvalue weighted by Crippen LogP contribution is -2.41. The predicted molar refractivity (Wildman–Crippen MR) is 110 cm³/mol. The molecule has 0 aromatic heterocycles. The molecule has 166 valence electrons. The zero-order valence-corrected chi connectivity index (χ0v) is 17.6. The van der Waals surface area contributed by atoms with Gasteiger partial charge in [0.2, 0.25) is 15.9 Å². The average molecular weight is 452 g/mol. The molecule has 1 fully saturated rings. The van der Waals surface area contributed by atoms with Crippen molar-refractivity contribution in [1.29, 1.82) is 0 Å². The molecule has 4 rings (SSSR count). The van der Waals surface area contributed by atoms with Crippen LogP contribution in [0, 0.1) is 5.92 Å². The molecule has 2 aromatic carbocycles. The summed E-state index contributed by atoms with van der Waals surface area (Å²) < 4.78 is 65.4. The lowest BCUT2D eigenvalue weighted by molar-refractivity contribution is -0.137. The Labute approximate surface area is 179 Å². The molecule has 0 atom stereocenters. The molecule has 0 bridgehead atoms. The first-order chi connectivity index (χ1) is 14.6. The molecule has 0 spiro atoms. The van der Waals surface area contributed by atoms with Crippen molar-refractivity contribution in [2.75, 3.05) is 18.4 Å². The number of alkyl halides is 3. The summed E-state index contributed by atoms with van der Waals surface area (Å²) in [6.45, 7) is 0.453. The fourth-order valence-corrected chi connectivity index (χ4v) is 5.72. The lowest BCUT2D eigenvalue weighted by atomic mass is 9.97. The number of benzene rings is 2. The number of nitrogens with zero attached hydrogens (tertiary/aromatic N) is 1. The van der Waals surface area contributed by atoms with Crippen LogP contribution in [-0.2, 0) is 33.8 Å². The van der Waals surface area contributed by atoms with E-state index in [1.165, 1.54) is 22.0 Å². The van der Waals surface area contributed by atoms with Crippen molar-refractivity contribution in [3.63, 3.8) is 0 Å². The highest BCUT2D eigenvalue weighted by molar-refractivity contribution is 7.89. The predicted octanol–water partition coefficient (Wildman–Crippen LogP) is 4.23. The monoisotopic (exact) mass is 452 g/mol. The first-order valence-electron chi connectivity index (χ1n) is 10.2. The molecule has 9 heteroatoms. The topological polar surface area (TPSA) is 66.5 Å². The van der Waals surface area contributed by atoms with E-state index in [0.29, 0.717) is 17.7 Å². The van der Waals surface area contributed by atoms with Gasteiger partial charge in [-0.1, -0.05) is 6.07 Å². The van der Waals surface area contributed by atoms with Gasteiger partial charge in [0, 0.05) is 24.7 Å². The fourth-order valence-electron chi connectivity index (χ4n) is 4.20. The summed E-state index contributed by atoms with van der Waals surface area (Å²) >= 11 is 0. The Bertz CT molecular complexity index is 1070. The number of nitrogens with one attached hydrogen (secondary N) is 1. The van der Waals surface area contributed by atoms with Gasteiger partial charge in [-0.05, 0) is 79.6 Å². The zero-order valence-electron chi connectivity index (χ0n) is 16.8. The maximum Gasteiger partial charge on any atom is 0.416 e. The second-order valence-electron chi connectivity index (χ2n) is 8.03. The van der Waals surface area contributed by atoms with Gasteiger partial charge in [0.1, 0.15) is 0 Å². The van der Waals surface area contributed by atoms with Crippen molar-refractivity contribution in [1.82, 2.24) is 4.31 Å². The van der Waals surface area contributed by atoms with E-state index in [1.807, 2.05) is 6.07 Å². The molecular formula is C22H23F3N2O3S. The molecule has 1 amide bonds. The number of aryl methyl sites for hydroxylation is 2. The maximum atomic E-state index is 13.0. The van der Waals surface area contributed by atoms with Crippen LogP contribution in [0.1, 0.15) is 36.0 Å². The molecule has 0 radical (unpaired) electrons. The molecule has 1 heterocycles. The normalized spacial score (nSPS) is 18.0. The van der Waals surface area contributed by atoms with Crippen LogP contribution in [0.3, 0.4) is 0 Å². The van der Waals surface area contributed by atoms with Gasteiger partial charge >= 0.3 is 6.18 Å². The smallest absolute Gasteiger partial charge is 0.326 e. The molecule has 1 aliphatic carbocycles. The summed E-state index contributed by atoms with van der Waals surface area (Å²) in [5.74, 6) is -0.705. The van der Waals surface area contributed by atoms with Crippen molar-refractivity contribution in [2.24, 2.45) is 5.92 Å². The van der Waals surface area contributed by atoms with E-state index >= 15 is 0 Å². The average Bonchev–Trinajstić information content (AvgIpc) is 3.21. The molecular weight excluding hydrogens is 429 g/mol. The highest BCUT2D eigenvalue weighted by atomic mass is 32.2. The van der Waals surface area contributed by atoms with E-state index in [-0.39, 0.29) is 24.7 Å². The highest BCUT2D eigenvalue weighted by Gasteiger charge is 2.33. The lowest BCUT2D eigenvalue weighted by Gasteiger charge is -2.30. The number of fused-ring (bicyclic) bond motifs is 1. The van der Waals surface area contributed by atoms with Gasteiger partial charge in [0.05, 0.1) is 10.5 Å². The van der Waals surface area contributed by atoms with Crippen LogP contribution >= 0.6 is 0 Å². The minimum Gasteiger partial charge on any atom is -0.326 e. The molecule has 1 aliphatic heterocycles. The summed E-state index contributed by atoms with van der Waals surface area (Å²) in [6, 6.07) is 9.58. The van der Waals surface area contributed by atoms with E-state index in [4.69, 9.17) is 0 Å². The minimum atomic E-state index is -4.43. The Morgan fingerprint density at radius 3 is 2.26 bits per heavy atom. The Balaban J connectivity index is 1.36. The van der Waals surface area contributed by atoms with Gasteiger partial charge in [0.15, 0.2) is 0 Å². The van der Waals surface area contributed by atoms with Crippen LogP contribution in [0.4, 0.5) is 18.9 Å². The van der Waals surface area contributed by atoms with Gasteiger partial charge in [-0.3, -0.25) is 4.79 Å². The van der Waals surface area contributed by atoms with Crippen LogP contribution in [0.5, 0.6) is 0 Å². The van der Waals surface area contributed by atoms with Crippen LogP contribution in [0.2, 0.25) is 0 Å². The minimum absolute atomic E-state index is 0.227. The van der Waals surface area contributed by atoms with E-state index in [1.54, 1.807) is 12.1 Å².